The van der Waals surface area contributed by atoms with Gasteiger partial charge in [-0.05, 0) is 61.2 Å². The van der Waals surface area contributed by atoms with Gasteiger partial charge in [0.1, 0.15) is 5.75 Å². The summed E-state index contributed by atoms with van der Waals surface area (Å²) in [5.41, 5.74) is 3.03. The fourth-order valence-electron chi connectivity index (χ4n) is 4.97. The zero-order valence-corrected chi connectivity index (χ0v) is 21.2. The summed E-state index contributed by atoms with van der Waals surface area (Å²) in [6.45, 7) is 4.07. The Kier molecular flexibility index (Phi) is 7.79. The van der Waals surface area contributed by atoms with Crippen LogP contribution in [0, 0.1) is 5.92 Å². The van der Waals surface area contributed by atoms with Crippen LogP contribution in [0.2, 0.25) is 0 Å². The van der Waals surface area contributed by atoms with E-state index in [1.807, 2.05) is 53.4 Å². The van der Waals surface area contributed by atoms with Gasteiger partial charge < -0.3 is 19.5 Å². The van der Waals surface area contributed by atoms with E-state index in [4.69, 9.17) is 9.26 Å². The number of carbonyl (C=O) groups excluding carboxylic acids is 2. The summed E-state index contributed by atoms with van der Waals surface area (Å²) in [5, 5.41) is 7.21. The number of aromatic nitrogens is 2. The molecule has 1 atom stereocenters. The van der Waals surface area contributed by atoms with Gasteiger partial charge >= 0.3 is 0 Å². The van der Waals surface area contributed by atoms with Crippen LogP contribution < -0.4 is 10.1 Å². The second kappa shape index (κ2) is 11.6. The standard InChI is InChI=1S/C28H33N5O4/c1-36-24-12-10-22(11-13-24)27-30-25(37-31-27)19-32-14-2-4-23(18-32)28(35)29-16-20-6-8-21(9-7-20)17-33-15-3-5-26(33)34/h6-13,23H,2-5,14-19H2,1H3,(H,29,35). The van der Waals surface area contributed by atoms with Crippen LogP contribution in [-0.4, -0.2) is 58.5 Å². The van der Waals surface area contributed by atoms with Gasteiger partial charge in [-0.1, -0.05) is 29.4 Å². The van der Waals surface area contributed by atoms with Crippen molar-refractivity contribution in [3.63, 3.8) is 0 Å². The molecule has 37 heavy (non-hydrogen) atoms. The second-order valence-corrected chi connectivity index (χ2v) is 9.77. The lowest BCUT2D eigenvalue weighted by Crippen LogP contribution is -2.42. The highest BCUT2D eigenvalue weighted by molar-refractivity contribution is 5.79. The van der Waals surface area contributed by atoms with Crippen molar-refractivity contribution in [2.24, 2.45) is 5.92 Å². The largest absolute Gasteiger partial charge is 0.497 e. The van der Waals surface area contributed by atoms with Gasteiger partial charge in [-0.3, -0.25) is 14.5 Å². The van der Waals surface area contributed by atoms with Crippen molar-refractivity contribution in [1.82, 2.24) is 25.3 Å². The van der Waals surface area contributed by atoms with Crippen molar-refractivity contribution in [3.8, 4) is 17.1 Å². The molecule has 1 aromatic heterocycles. The lowest BCUT2D eigenvalue weighted by molar-refractivity contribution is -0.128. The first-order valence-corrected chi connectivity index (χ1v) is 12.9. The third-order valence-electron chi connectivity index (χ3n) is 7.09. The van der Waals surface area contributed by atoms with Gasteiger partial charge in [0.2, 0.25) is 23.5 Å². The van der Waals surface area contributed by atoms with Gasteiger partial charge in [0.25, 0.3) is 0 Å². The number of nitrogens with one attached hydrogen (secondary N) is 1. The molecular formula is C28H33N5O4. The van der Waals surface area contributed by atoms with Crippen molar-refractivity contribution in [2.45, 2.75) is 45.3 Å². The number of carbonyl (C=O) groups is 2. The number of hydrogen-bond acceptors (Lipinski definition) is 7. The summed E-state index contributed by atoms with van der Waals surface area (Å²) in [7, 11) is 1.63. The number of hydrogen-bond donors (Lipinski definition) is 1. The third kappa shape index (κ3) is 6.35. The van der Waals surface area contributed by atoms with Crippen LogP contribution >= 0.6 is 0 Å². The van der Waals surface area contributed by atoms with Crippen LogP contribution in [0.3, 0.4) is 0 Å². The van der Waals surface area contributed by atoms with Gasteiger partial charge in [-0.25, -0.2) is 0 Å². The molecule has 0 saturated carbocycles. The predicted octanol–water partition coefficient (Wildman–Crippen LogP) is 3.40. The average Bonchev–Trinajstić information content (AvgIpc) is 3.57. The van der Waals surface area contributed by atoms with Crippen molar-refractivity contribution in [3.05, 3.63) is 65.5 Å². The van der Waals surface area contributed by atoms with Crippen LogP contribution in [0.5, 0.6) is 5.75 Å². The molecule has 0 spiro atoms. The summed E-state index contributed by atoms with van der Waals surface area (Å²) in [5.74, 6) is 2.09. The maximum absolute atomic E-state index is 12.9. The van der Waals surface area contributed by atoms with Gasteiger partial charge in [-0.2, -0.15) is 4.98 Å². The minimum atomic E-state index is -0.0711. The molecule has 0 aliphatic carbocycles. The highest BCUT2D eigenvalue weighted by Gasteiger charge is 2.27. The number of nitrogens with zero attached hydrogens (tertiary/aromatic N) is 4. The number of amides is 2. The van der Waals surface area contributed by atoms with E-state index >= 15 is 0 Å². The van der Waals surface area contributed by atoms with E-state index < -0.39 is 0 Å². The van der Waals surface area contributed by atoms with Gasteiger partial charge in [0.05, 0.1) is 19.6 Å². The Hall–Kier alpha value is -3.72. The number of likely N-dealkylation sites (tertiary alicyclic amines) is 2. The quantitative estimate of drug-likeness (QED) is 0.478. The Morgan fingerprint density at radius 2 is 1.84 bits per heavy atom. The minimum Gasteiger partial charge on any atom is -0.497 e. The maximum Gasteiger partial charge on any atom is 0.241 e. The third-order valence-corrected chi connectivity index (χ3v) is 7.09. The van der Waals surface area contributed by atoms with Gasteiger partial charge in [-0.15, -0.1) is 0 Å². The van der Waals surface area contributed by atoms with Gasteiger partial charge in [0.15, 0.2) is 0 Å². The number of methoxy groups -OCH3 is 1. The molecule has 2 saturated heterocycles. The lowest BCUT2D eigenvalue weighted by atomic mass is 9.97. The molecule has 2 amide bonds. The molecule has 0 radical (unpaired) electrons. The van der Waals surface area contributed by atoms with Crippen LogP contribution in [0.4, 0.5) is 0 Å². The van der Waals surface area contributed by atoms with E-state index in [-0.39, 0.29) is 17.7 Å². The van der Waals surface area contributed by atoms with E-state index in [1.54, 1.807) is 7.11 Å². The minimum absolute atomic E-state index is 0.0703. The molecule has 9 heteroatoms. The molecule has 2 aliphatic heterocycles. The molecule has 2 fully saturated rings. The smallest absolute Gasteiger partial charge is 0.241 e. The SMILES string of the molecule is COc1ccc(-c2noc(CN3CCCC(C(=O)NCc4ccc(CN5CCCC5=O)cc4)C3)n2)cc1. The Balaban J connectivity index is 1.09. The first kappa shape index (κ1) is 25.0. The van der Waals surface area contributed by atoms with E-state index in [1.165, 1.54) is 0 Å². The monoisotopic (exact) mass is 503 g/mol. The molecule has 3 heterocycles. The van der Waals surface area contributed by atoms with Crippen molar-refractivity contribution >= 4 is 11.8 Å². The van der Waals surface area contributed by atoms with E-state index in [0.717, 1.165) is 54.8 Å². The Morgan fingerprint density at radius 3 is 2.57 bits per heavy atom. The first-order chi connectivity index (χ1) is 18.1. The molecule has 194 valence electrons. The topological polar surface area (TPSA) is 101 Å². The zero-order chi connectivity index (χ0) is 25.6. The average molecular weight is 504 g/mol. The normalized spacial score (nSPS) is 18.2. The Bertz CT molecular complexity index is 1210. The number of rotatable bonds is 9. The highest BCUT2D eigenvalue weighted by Crippen LogP contribution is 2.22. The number of benzene rings is 2. The van der Waals surface area contributed by atoms with E-state index in [0.29, 0.717) is 44.3 Å². The van der Waals surface area contributed by atoms with Crippen molar-refractivity contribution in [2.75, 3.05) is 26.7 Å². The second-order valence-electron chi connectivity index (χ2n) is 9.77. The molecule has 5 rings (SSSR count). The highest BCUT2D eigenvalue weighted by atomic mass is 16.5. The molecule has 9 nitrogen and oxygen atoms in total. The lowest BCUT2D eigenvalue weighted by Gasteiger charge is -2.30. The Morgan fingerprint density at radius 1 is 1.05 bits per heavy atom. The fourth-order valence-corrected chi connectivity index (χ4v) is 4.97. The summed E-state index contributed by atoms with van der Waals surface area (Å²) in [6.07, 6.45) is 3.41. The summed E-state index contributed by atoms with van der Waals surface area (Å²) in [4.78, 5) is 33.4. The summed E-state index contributed by atoms with van der Waals surface area (Å²) in [6, 6.07) is 15.7. The van der Waals surface area contributed by atoms with Gasteiger partial charge in [0, 0.05) is 38.2 Å². The first-order valence-electron chi connectivity index (χ1n) is 12.9. The molecular weight excluding hydrogens is 470 g/mol. The molecule has 0 bridgehead atoms. The zero-order valence-electron chi connectivity index (χ0n) is 21.2. The van der Waals surface area contributed by atoms with Crippen molar-refractivity contribution < 1.29 is 18.8 Å². The molecule has 3 aromatic rings. The Labute approximate surface area is 216 Å². The number of piperidine rings is 1. The van der Waals surface area contributed by atoms with Crippen molar-refractivity contribution in [1.29, 1.82) is 0 Å². The molecule has 2 aromatic carbocycles. The molecule has 1 N–H and O–H groups in total. The molecule has 1 unspecified atom stereocenters. The van der Waals surface area contributed by atoms with E-state index in [2.05, 4.69) is 20.4 Å². The van der Waals surface area contributed by atoms with Crippen LogP contribution in [0.15, 0.2) is 53.1 Å². The van der Waals surface area contributed by atoms with Crippen LogP contribution in [0.25, 0.3) is 11.4 Å². The maximum atomic E-state index is 12.9. The summed E-state index contributed by atoms with van der Waals surface area (Å²) >= 11 is 0. The fraction of sp³-hybridized carbons (Fsp3) is 0.429. The predicted molar refractivity (Wildman–Crippen MR) is 137 cm³/mol. The number of ether oxygens (including phenoxy) is 1. The van der Waals surface area contributed by atoms with E-state index in [9.17, 15) is 9.59 Å². The van der Waals surface area contributed by atoms with Crippen LogP contribution in [0.1, 0.15) is 42.7 Å². The molecule has 2 aliphatic rings. The summed E-state index contributed by atoms with van der Waals surface area (Å²) < 4.78 is 10.7. The van der Waals surface area contributed by atoms with Crippen LogP contribution in [-0.2, 0) is 29.2 Å².